The maximum absolute atomic E-state index is 14.1. The molecule has 2 heterocycles. The van der Waals surface area contributed by atoms with Gasteiger partial charge in [0.2, 0.25) is 0 Å². The van der Waals surface area contributed by atoms with Crippen LogP contribution in [0, 0.1) is 0 Å². The van der Waals surface area contributed by atoms with Gasteiger partial charge >= 0.3 is 0 Å². The van der Waals surface area contributed by atoms with Gasteiger partial charge in [-0.25, -0.2) is 4.39 Å². The van der Waals surface area contributed by atoms with E-state index in [1.807, 2.05) is 36.4 Å². The van der Waals surface area contributed by atoms with Crippen LogP contribution >= 0.6 is 0 Å². The number of halogens is 1. The summed E-state index contributed by atoms with van der Waals surface area (Å²) in [5, 5.41) is 2.81. The van der Waals surface area contributed by atoms with Gasteiger partial charge in [-0.1, -0.05) is 36.4 Å². The number of carbonyl (C=O) groups is 1. The molecule has 0 unspecified atom stereocenters. The molecule has 4 nitrogen and oxygen atoms in total. The number of nitrogens with zero attached hydrogens (tertiary/aromatic N) is 2. The lowest BCUT2D eigenvalue weighted by atomic mass is 10.1. The molecule has 0 aliphatic carbocycles. The zero-order valence-corrected chi connectivity index (χ0v) is 14.1. The van der Waals surface area contributed by atoms with Gasteiger partial charge in [-0.05, 0) is 43.2 Å². The Labute approximate surface area is 147 Å². The monoisotopic (exact) mass is 339 g/mol. The van der Waals surface area contributed by atoms with Crippen LogP contribution in [0.15, 0.2) is 60.6 Å². The molecule has 5 heteroatoms. The molecular weight excluding hydrogens is 317 g/mol. The van der Waals surface area contributed by atoms with Crippen molar-refractivity contribution in [1.82, 2.24) is 15.2 Å². The highest BCUT2D eigenvalue weighted by molar-refractivity contribution is 5.95. The number of hydrogen-bond donors (Lipinski definition) is 1. The van der Waals surface area contributed by atoms with Crippen molar-refractivity contribution >= 4 is 12.0 Å². The Balaban J connectivity index is 1.55. The number of pyridine rings is 1. The second kappa shape index (κ2) is 8.53. The summed E-state index contributed by atoms with van der Waals surface area (Å²) in [6.45, 7) is 2.42. The van der Waals surface area contributed by atoms with Crippen molar-refractivity contribution in [3.8, 4) is 0 Å². The van der Waals surface area contributed by atoms with E-state index in [1.54, 1.807) is 18.3 Å². The minimum absolute atomic E-state index is 0.0418. The predicted molar refractivity (Wildman–Crippen MR) is 96.2 cm³/mol. The fraction of sp³-hybridized carbons (Fsp3) is 0.300. The second-order valence-electron chi connectivity index (χ2n) is 6.27. The molecule has 1 aliphatic rings. The van der Waals surface area contributed by atoms with E-state index < -0.39 is 11.7 Å². The number of nitrogens with one attached hydrogen (secondary N) is 1. The molecule has 3 rings (SSSR count). The number of hydrogen-bond acceptors (Lipinski definition) is 3. The Bertz CT molecular complexity index is 718. The number of likely N-dealkylation sites (tertiary alicyclic amines) is 1. The first-order chi connectivity index (χ1) is 12.2. The third-order valence-corrected chi connectivity index (χ3v) is 4.26. The quantitative estimate of drug-likeness (QED) is 0.851. The SMILES string of the molecule is O=C(N[C@@H]1CCCN(Cc2ccccn2)C1)/C(F)=C/c1ccccc1. The molecule has 1 aromatic heterocycles. The molecule has 0 bridgehead atoms. The van der Waals surface area contributed by atoms with Crippen LogP contribution in [0.5, 0.6) is 0 Å². The maximum atomic E-state index is 14.1. The van der Waals surface area contributed by atoms with Crippen molar-refractivity contribution in [3.63, 3.8) is 0 Å². The largest absolute Gasteiger partial charge is 0.346 e. The van der Waals surface area contributed by atoms with E-state index in [0.29, 0.717) is 12.1 Å². The Kier molecular flexibility index (Phi) is 5.90. The molecule has 1 amide bonds. The third-order valence-electron chi connectivity index (χ3n) is 4.26. The van der Waals surface area contributed by atoms with Crippen LogP contribution in [0.3, 0.4) is 0 Å². The third kappa shape index (κ3) is 5.22. The van der Waals surface area contributed by atoms with E-state index in [0.717, 1.165) is 31.6 Å². The lowest BCUT2D eigenvalue weighted by molar-refractivity contribution is -0.119. The Morgan fingerprint density at radius 3 is 2.80 bits per heavy atom. The summed E-state index contributed by atoms with van der Waals surface area (Å²) < 4.78 is 14.1. The van der Waals surface area contributed by atoms with Crippen molar-refractivity contribution in [3.05, 3.63) is 71.8 Å². The van der Waals surface area contributed by atoms with Crippen LogP contribution in [-0.2, 0) is 11.3 Å². The van der Waals surface area contributed by atoms with Gasteiger partial charge in [-0.15, -0.1) is 0 Å². The highest BCUT2D eigenvalue weighted by Crippen LogP contribution is 2.14. The summed E-state index contributed by atoms with van der Waals surface area (Å²) >= 11 is 0. The molecular formula is C20H22FN3O. The van der Waals surface area contributed by atoms with Crippen molar-refractivity contribution in [1.29, 1.82) is 0 Å². The highest BCUT2D eigenvalue weighted by Gasteiger charge is 2.23. The fourth-order valence-electron chi connectivity index (χ4n) is 3.05. The van der Waals surface area contributed by atoms with E-state index in [9.17, 15) is 9.18 Å². The summed E-state index contributed by atoms with van der Waals surface area (Å²) in [5.74, 6) is -1.40. The first kappa shape index (κ1) is 17.3. The van der Waals surface area contributed by atoms with E-state index in [2.05, 4.69) is 15.2 Å². The summed E-state index contributed by atoms with van der Waals surface area (Å²) in [7, 11) is 0. The number of piperidine rings is 1. The van der Waals surface area contributed by atoms with Crippen LogP contribution in [0.1, 0.15) is 24.1 Å². The van der Waals surface area contributed by atoms with Crippen LogP contribution < -0.4 is 5.32 Å². The first-order valence-corrected chi connectivity index (χ1v) is 8.56. The normalized spacial score (nSPS) is 18.8. The molecule has 0 spiro atoms. The zero-order valence-electron chi connectivity index (χ0n) is 14.1. The highest BCUT2D eigenvalue weighted by atomic mass is 19.1. The second-order valence-corrected chi connectivity index (χ2v) is 6.27. The summed E-state index contributed by atoms with van der Waals surface area (Å²) in [6.07, 6.45) is 4.89. The van der Waals surface area contributed by atoms with Crippen molar-refractivity contribution in [2.45, 2.75) is 25.4 Å². The summed E-state index contributed by atoms with van der Waals surface area (Å²) in [4.78, 5) is 18.7. The Hall–Kier alpha value is -2.53. The molecule has 130 valence electrons. The predicted octanol–water partition coefficient (Wildman–Crippen LogP) is 3.17. The van der Waals surface area contributed by atoms with Gasteiger partial charge in [0.25, 0.3) is 5.91 Å². The van der Waals surface area contributed by atoms with Gasteiger partial charge in [0.15, 0.2) is 5.83 Å². The van der Waals surface area contributed by atoms with Crippen LogP contribution in [0.4, 0.5) is 4.39 Å². The lowest BCUT2D eigenvalue weighted by Gasteiger charge is -2.32. The van der Waals surface area contributed by atoms with E-state index in [1.165, 1.54) is 6.08 Å². The molecule has 25 heavy (non-hydrogen) atoms. The van der Waals surface area contributed by atoms with E-state index in [-0.39, 0.29) is 6.04 Å². The van der Waals surface area contributed by atoms with Gasteiger partial charge in [0, 0.05) is 25.3 Å². The Morgan fingerprint density at radius 1 is 1.24 bits per heavy atom. The smallest absolute Gasteiger partial charge is 0.280 e. The van der Waals surface area contributed by atoms with E-state index >= 15 is 0 Å². The number of aromatic nitrogens is 1. The van der Waals surface area contributed by atoms with Crippen LogP contribution in [0.2, 0.25) is 0 Å². The fourth-order valence-corrected chi connectivity index (χ4v) is 3.05. The molecule has 1 aliphatic heterocycles. The molecule has 0 saturated carbocycles. The van der Waals surface area contributed by atoms with E-state index in [4.69, 9.17) is 0 Å². The average molecular weight is 339 g/mol. The first-order valence-electron chi connectivity index (χ1n) is 8.56. The van der Waals surface area contributed by atoms with Crippen LogP contribution in [-0.4, -0.2) is 34.9 Å². The molecule has 0 radical (unpaired) electrons. The van der Waals surface area contributed by atoms with Gasteiger partial charge in [0.05, 0.1) is 5.69 Å². The number of carbonyl (C=O) groups excluding carboxylic acids is 1. The molecule has 1 atom stereocenters. The van der Waals surface area contributed by atoms with Crippen molar-refractivity contribution < 1.29 is 9.18 Å². The van der Waals surface area contributed by atoms with Crippen molar-refractivity contribution in [2.24, 2.45) is 0 Å². The van der Waals surface area contributed by atoms with Gasteiger partial charge in [-0.3, -0.25) is 14.7 Å². The minimum Gasteiger partial charge on any atom is -0.346 e. The minimum atomic E-state index is -0.756. The van der Waals surface area contributed by atoms with Crippen LogP contribution in [0.25, 0.3) is 6.08 Å². The summed E-state index contributed by atoms with van der Waals surface area (Å²) in [6, 6.07) is 14.8. The number of benzene rings is 1. The lowest BCUT2D eigenvalue weighted by Crippen LogP contribution is -2.47. The standard InChI is InChI=1S/C20H22FN3O/c21-19(13-16-7-2-1-3-8-16)20(25)23-18-10-6-12-24(15-18)14-17-9-4-5-11-22-17/h1-5,7-9,11,13,18H,6,10,12,14-15H2,(H,23,25)/b19-13-/t18-/m1/s1. The number of rotatable bonds is 5. The molecule has 1 saturated heterocycles. The molecule has 1 aromatic carbocycles. The van der Waals surface area contributed by atoms with Gasteiger partial charge < -0.3 is 5.32 Å². The van der Waals surface area contributed by atoms with Crippen molar-refractivity contribution in [2.75, 3.05) is 13.1 Å². The molecule has 1 N–H and O–H groups in total. The zero-order chi connectivity index (χ0) is 17.5. The van der Waals surface area contributed by atoms with Gasteiger partial charge in [0.1, 0.15) is 0 Å². The summed E-state index contributed by atoms with van der Waals surface area (Å²) in [5.41, 5.74) is 1.68. The Morgan fingerprint density at radius 2 is 2.04 bits per heavy atom. The topological polar surface area (TPSA) is 45.2 Å². The molecule has 1 fully saturated rings. The maximum Gasteiger partial charge on any atom is 0.280 e. The molecule has 2 aromatic rings. The van der Waals surface area contributed by atoms with Gasteiger partial charge in [-0.2, -0.15) is 0 Å². The number of amides is 1. The average Bonchev–Trinajstić information content (AvgIpc) is 2.63.